The molecule has 3 fully saturated rings. The van der Waals surface area contributed by atoms with Gasteiger partial charge in [-0.1, -0.05) is 23.4 Å². The smallest absolute Gasteiger partial charge is 0.274 e. The molecule has 3 saturated carbocycles. The molecule has 1 aromatic carbocycles. The van der Waals surface area contributed by atoms with Gasteiger partial charge in [0.1, 0.15) is 22.7 Å². The lowest BCUT2D eigenvalue weighted by molar-refractivity contribution is -0.0655. The van der Waals surface area contributed by atoms with E-state index in [0.29, 0.717) is 54.6 Å². The first-order valence-electron chi connectivity index (χ1n) is 12.8. The van der Waals surface area contributed by atoms with Gasteiger partial charge in [0.2, 0.25) is 0 Å². The Morgan fingerprint density at radius 2 is 1.95 bits per heavy atom. The molecule has 3 N–H and O–H groups in total. The highest BCUT2D eigenvalue weighted by atomic mass is 35.5. The van der Waals surface area contributed by atoms with Crippen molar-refractivity contribution in [1.82, 2.24) is 14.5 Å². The number of aliphatic hydroxyl groups is 2. The van der Waals surface area contributed by atoms with Gasteiger partial charge < -0.3 is 20.1 Å². The topological polar surface area (TPSA) is 100 Å². The summed E-state index contributed by atoms with van der Waals surface area (Å²) in [6, 6.07) is 4.08. The number of carbonyl (C=O) groups is 1. The molecule has 6 rings (SSSR count). The summed E-state index contributed by atoms with van der Waals surface area (Å²) in [5, 5.41) is 26.5. The first-order chi connectivity index (χ1) is 18.1. The number of aromatic nitrogens is 3. The lowest BCUT2D eigenvalue weighted by Gasteiger charge is -2.40. The van der Waals surface area contributed by atoms with Crippen LogP contribution in [0.5, 0.6) is 0 Å². The molecule has 2 unspecified atom stereocenters. The van der Waals surface area contributed by atoms with Crippen LogP contribution in [0.4, 0.5) is 10.1 Å². The first-order valence-corrected chi connectivity index (χ1v) is 14.1. The van der Waals surface area contributed by atoms with Crippen LogP contribution >= 0.6 is 22.9 Å². The fourth-order valence-electron chi connectivity index (χ4n) is 6.52. The van der Waals surface area contributed by atoms with Gasteiger partial charge in [-0.15, -0.1) is 11.3 Å². The van der Waals surface area contributed by atoms with E-state index in [-0.39, 0.29) is 22.8 Å². The largest absolute Gasteiger partial charge is 0.383 e. The van der Waals surface area contributed by atoms with Crippen LogP contribution in [-0.2, 0) is 12.6 Å². The maximum absolute atomic E-state index is 13.5. The summed E-state index contributed by atoms with van der Waals surface area (Å²) in [6.45, 7) is 0. The summed E-state index contributed by atoms with van der Waals surface area (Å²) in [7, 11) is 1.78. The van der Waals surface area contributed by atoms with Crippen LogP contribution < -0.4 is 5.32 Å². The number of halogens is 2. The molecule has 0 spiro atoms. The minimum absolute atomic E-state index is 0.0558. The van der Waals surface area contributed by atoms with Gasteiger partial charge in [0.15, 0.2) is 0 Å². The van der Waals surface area contributed by atoms with Crippen molar-refractivity contribution in [1.29, 1.82) is 0 Å². The summed E-state index contributed by atoms with van der Waals surface area (Å²) in [5.41, 5.74) is 2.17. The predicted molar refractivity (Wildman–Crippen MR) is 142 cm³/mol. The second kappa shape index (κ2) is 9.45. The van der Waals surface area contributed by atoms with Crippen LogP contribution in [-0.4, -0.2) is 36.3 Å². The normalized spacial score (nSPS) is 31.8. The summed E-state index contributed by atoms with van der Waals surface area (Å²) < 4.78 is 15.2. The summed E-state index contributed by atoms with van der Waals surface area (Å²) in [4.78, 5) is 21.9. The van der Waals surface area contributed by atoms with Crippen LogP contribution in [0, 0.1) is 35.4 Å². The van der Waals surface area contributed by atoms with Gasteiger partial charge in [-0.2, -0.15) is 0 Å². The van der Waals surface area contributed by atoms with E-state index >= 15 is 0 Å². The number of thiazole rings is 1. The third-order valence-electron chi connectivity index (χ3n) is 8.37. The van der Waals surface area contributed by atoms with Crippen molar-refractivity contribution in [2.75, 3.05) is 5.32 Å². The SMILES string of the molecule is Cn1cnc(C2CC3CC(O)(C#CC4CC(O)(c5cscn5)C4)CC3C2)c1C(=O)Nc1ccc(F)c(Cl)c1. The molecule has 0 aliphatic heterocycles. The molecular weight excluding hydrogens is 527 g/mol. The van der Waals surface area contributed by atoms with Crippen LogP contribution in [0.3, 0.4) is 0 Å². The fourth-order valence-corrected chi connectivity index (χ4v) is 7.35. The Morgan fingerprint density at radius 1 is 1.21 bits per heavy atom. The number of hydrogen-bond donors (Lipinski definition) is 3. The lowest BCUT2D eigenvalue weighted by atomic mass is 9.69. The summed E-state index contributed by atoms with van der Waals surface area (Å²) in [5.74, 6) is 6.30. The second-order valence-electron chi connectivity index (χ2n) is 11.1. The minimum atomic E-state index is -1.01. The summed E-state index contributed by atoms with van der Waals surface area (Å²) >= 11 is 7.33. The van der Waals surface area contributed by atoms with E-state index in [1.54, 1.807) is 23.5 Å². The Morgan fingerprint density at radius 3 is 2.61 bits per heavy atom. The zero-order chi connectivity index (χ0) is 26.7. The van der Waals surface area contributed by atoms with E-state index in [4.69, 9.17) is 11.6 Å². The number of nitrogens with zero attached hydrogens (tertiary/aromatic N) is 3. The van der Waals surface area contributed by atoms with Crippen LogP contribution in [0.1, 0.15) is 66.3 Å². The molecule has 3 aliphatic rings. The van der Waals surface area contributed by atoms with E-state index in [2.05, 4.69) is 27.1 Å². The van der Waals surface area contributed by atoms with Crippen molar-refractivity contribution >= 4 is 34.5 Å². The number of nitrogens with one attached hydrogen (secondary N) is 1. The number of imidazole rings is 1. The Bertz CT molecular complexity index is 1430. The molecule has 38 heavy (non-hydrogen) atoms. The zero-order valence-electron chi connectivity index (χ0n) is 20.8. The van der Waals surface area contributed by atoms with Crippen molar-refractivity contribution in [3.8, 4) is 11.8 Å². The third kappa shape index (κ3) is 4.64. The molecule has 198 valence electrons. The molecule has 0 radical (unpaired) electrons. The van der Waals surface area contributed by atoms with E-state index in [1.165, 1.54) is 29.5 Å². The highest BCUT2D eigenvalue weighted by molar-refractivity contribution is 7.07. The Hall–Kier alpha value is -2.77. The van der Waals surface area contributed by atoms with Crippen LogP contribution in [0.2, 0.25) is 5.02 Å². The number of amides is 1. The molecule has 2 aromatic heterocycles. The number of fused-ring (bicyclic) bond motifs is 1. The van der Waals surface area contributed by atoms with Gasteiger partial charge in [0.25, 0.3) is 5.91 Å². The zero-order valence-corrected chi connectivity index (χ0v) is 22.4. The van der Waals surface area contributed by atoms with Gasteiger partial charge in [-0.25, -0.2) is 14.4 Å². The molecule has 2 heterocycles. The average molecular weight is 555 g/mol. The standard InChI is InChI=1S/C28H28ClFN4O3S/c1-34-14-31-24(25(34)26(35)33-20-2-3-22(30)21(29)8-20)17-6-18-11-27(36,12-19(18)7-17)5-4-16-9-28(37,10-16)23-13-38-15-32-23/h2-3,8,13-19,36-37H,6-7,9-12H2,1H3,(H,33,35). The number of anilines is 1. The monoisotopic (exact) mass is 554 g/mol. The number of rotatable bonds is 4. The number of hydrogen-bond acceptors (Lipinski definition) is 6. The van der Waals surface area contributed by atoms with Crippen molar-refractivity contribution < 1.29 is 19.4 Å². The maximum Gasteiger partial charge on any atom is 0.274 e. The number of carbonyl (C=O) groups excluding carboxylic acids is 1. The van der Waals surface area contributed by atoms with Crippen molar-refractivity contribution in [3.63, 3.8) is 0 Å². The highest BCUT2D eigenvalue weighted by Crippen LogP contribution is 2.54. The number of benzene rings is 1. The number of aryl methyl sites for hydroxylation is 1. The minimum Gasteiger partial charge on any atom is -0.383 e. The van der Waals surface area contributed by atoms with Crippen molar-refractivity contribution in [2.45, 2.75) is 55.6 Å². The molecule has 3 aromatic rings. The van der Waals surface area contributed by atoms with Gasteiger partial charge in [0, 0.05) is 30.0 Å². The maximum atomic E-state index is 13.5. The summed E-state index contributed by atoms with van der Waals surface area (Å²) in [6.07, 6.45) is 5.61. The molecule has 0 bridgehead atoms. The van der Waals surface area contributed by atoms with Crippen molar-refractivity contribution in [3.05, 3.63) is 63.3 Å². The van der Waals surface area contributed by atoms with Gasteiger partial charge in [-0.3, -0.25) is 4.79 Å². The molecule has 0 saturated heterocycles. The molecular formula is C28H28ClFN4O3S. The van der Waals surface area contributed by atoms with Crippen LogP contribution in [0.15, 0.2) is 35.4 Å². The Kier molecular flexibility index (Phi) is 6.35. The van der Waals surface area contributed by atoms with Gasteiger partial charge >= 0.3 is 0 Å². The molecule has 2 atom stereocenters. The molecule has 7 nitrogen and oxygen atoms in total. The molecule has 3 aliphatic carbocycles. The molecule has 10 heteroatoms. The lowest BCUT2D eigenvalue weighted by Crippen LogP contribution is -2.41. The fraction of sp³-hybridized carbons (Fsp3) is 0.464. The average Bonchev–Trinajstić information content (AvgIpc) is 3.62. The van der Waals surface area contributed by atoms with Crippen molar-refractivity contribution in [2.24, 2.45) is 24.8 Å². The Labute approximate surface area is 229 Å². The van der Waals surface area contributed by atoms with Crippen LogP contribution in [0.25, 0.3) is 0 Å². The third-order valence-corrected chi connectivity index (χ3v) is 9.25. The first kappa shape index (κ1) is 25.5. The molecule has 1 amide bonds. The van der Waals surface area contributed by atoms with E-state index in [1.807, 2.05) is 5.38 Å². The van der Waals surface area contributed by atoms with E-state index in [9.17, 15) is 19.4 Å². The highest BCUT2D eigenvalue weighted by Gasteiger charge is 2.50. The Balaban J connectivity index is 1.09. The van der Waals surface area contributed by atoms with E-state index in [0.717, 1.165) is 18.5 Å². The van der Waals surface area contributed by atoms with E-state index < -0.39 is 17.0 Å². The quantitative estimate of drug-likeness (QED) is 0.400. The second-order valence-corrected chi connectivity index (χ2v) is 12.2. The predicted octanol–water partition coefficient (Wildman–Crippen LogP) is 4.86. The van der Waals surface area contributed by atoms with Gasteiger partial charge in [-0.05, 0) is 68.6 Å². The van der Waals surface area contributed by atoms with Gasteiger partial charge in [0.05, 0.1) is 28.2 Å².